The molecule has 164 valence electrons. The normalized spacial score (nSPS) is 10.4. The number of nitrogens with one attached hydrogen (secondary N) is 1. The van der Waals surface area contributed by atoms with Crippen molar-refractivity contribution in [1.82, 2.24) is 19.9 Å². The average molecular weight is 434 g/mol. The van der Waals surface area contributed by atoms with Crippen molar-refractivity contribution in [3.8, 4) is 22.4 Å². The van der Waals surface area contributed by atoms with E-state index in [2.05, 4.69) is 74.6 Å². The van der Waals surface area contributed by atoms with Gasteiger partial charge in [0, 0.05) is 54.2 Å². The van der Waals surface area contributed by atoms with Crippen LogP contribution in [-0.4, -0.2) is 27.0 Å². The van der Waals surface area contributed by atoms with Crippen LogP contribution in [0.2, 0.25) is 0 Å². The van der Waals surface area contributed by atoms with Crippen molar-refractivity contribution in [1.29, 1.82) is 0 Å². The third-order valence-corrected chi connectivity index (χ3v) is 5.43. The summed E-state index contributed by atoms with van der Waals surface area (Å²) in [5.41, 5.74) is 7.92. The number of hydrogen-bond acceptors (Lipinski definition) is 5. The van der Waals surface area contributed by atoms with Gasteiger partial charge in [0.15, 0.2) is 0 Å². The summed E-state index contributed by atoms with van der Waals surface area (Å²) in [6.45, 7) is 6.13. The number of rotatable bonds is 3. The minimum absolute atomic E-state index is 0.849. The summed E-state index contributed by atoms with van der Waals surface area (Å²) in [5.74, 6) is 0.849. The monoisotopic (exact) mass is 433 g/mol. The van der Waals surface area contributed by atoms with Gasteiger partial charge in [-0.05, 0) is 79.2 Å². The molecule has 5 heteroatoms. The predicted octanol–water partition coefficient (Wildman–Crippen LogP) is 6.41. The van der Waals surface area contributed by atoms with Gasteiger partial charge in [0.25, 0.3) is 0 Å². The Kier molecular flexibility index (Phi) is 6.69. The fourth-order valence-corrected chi connectivity index (χ4v) is 3.74. The molecule has 5 nitrogen and oxygen atoms in total. The maximum Gasteiger partial charge on any atom is 0.135 e. The van der Waals surface area contributed by atoms with E-state index in [1.807, 2.05) is 57.7 Å². The highest BCUT2D eigenvalue weighted by molar-refractivity contribution is 5.93. The van der Waals surface area contributed by atoms with Gasteiger partial charge >= 0.3 is 0 Å². The Labute approximate surface area is 194 Å². The molecule has 33 heavy (non-hydrogen) atoms. The van der Waals surface area contributed by atoms with Gasteiger partial charge in [-0.25, -0.2) is 4.98 Å². The van der Waals surface area contributed by atoms with E-state index in [-0.39, 0.29) is 0 Å². The topological polar surface area (TPSA) is 63.6 Å². The van der Waals surface area contributed by atoms with Crippen LogP contribution in [0.1, 0.15) is 17.0 Å². The van der Waals surface area contributed by atoms with Crippen molar-refractivity contribution in [2.24, 2.45) is 0 Å². The van der Waals surface area contributed by atoms with Crippen molar-refractivity contribution in [3.05, 3.63) is 102 Å². The van der Waals surface area contributed by atoms with E-state index in [1.165, 1.54) is 16.7 Å². The zero-order chi connectivity index (χ0) is 23.2. The molecule has 5 rings (SSSR count). The van der Waals surface area contributed by atoms with E-state index in [0.29, 0.717) is 0 Å². The lowest BCUT2D eigenvalue weighted by atomic mass is 10.0. The van der Waals surface area contributed by atoms with E-state index >= 15 is 0 Å². The molecule has 0 amide bonds. The molecule has 5 aromatic rings. The molecule has 0 radical (unpaired) electrons. The Morgan fingerprint density at radius 3 is 2.03 bits per heavy atom. The largest absolute Gasteiger partial charge is 0.373 e. The number of aromatic nitrogens is 4. The number of benzene rings is 1. The summed E-state index contributed by atoms with van der Waals surface area (Å²) in [4.78, 5) is 17.2. The van der Waals surface area contributed by atoms with Crippen LogP contribution >= 0.6 is 0 Å². The molecule has 0 aliphatic heterocycles. The minimum Gasteiger partial charge on any atom is -0.373 e. The Balaban J connectivity index is 0.000000165. The molecule has 0 aliphatic carbocycles. The molecule has 1 aromatic carbocycles. The van der Waals surface area contributed by atoms with Gasteiger partial charge in [0.1, 0.15) is 5.82 Å². The van der Waals surface area contributed by atoms with E-state index in [9.17, 15) is 0 Å². The fraction of sp³-hybridized carbons (Fsp3) is 0.143. The van der Waals surface area contributed by atoms with E-state index in [4.69, 9.17) is 0 Å². The molecule has 0 aliphatic rings. The summed E-state index contributed by atoms with van der Waals surface area (Å²) >= 11 is 0. The number of hydrogen-bond donors (Lipinski definition) is 1. The zero-order valence-electron chi connectivity index (χ0n) is 19.4. The molecule has 0 bridgehead atoms. The van der Waals surface area contributed by atoms with Crippen LogP contribution in [0.15, 0.2) is 85.5 Å². The second-order valence-corrected chi connectivity index (χ2v) is 7.89. The molecule has 0 saturated heterocycles. The van der Waals surface area contributed by atoms with Crippen LogP contribution in [-0.2, 0) is 0 Å². The van der Waals surface area contributed by atoms with Gasteiger partial charge in [-0.15, -0.1) is 0 Å². The average Bonchev–Trinajstić information content (AvgIpc) is 2.84. The van der Waals surface area contributed by atoms with Crippen LogP contribution in [0.25, 0.3) is 33.2 Å². The number of aryl methyl sites for hydroxylation is 3. The third-order valence-electron chi connectivity index (χ3n) is 5.43. The lowest BCUT2D eigenvalue weighted by Crippen LogP contribution is -1.94. The van der Waals surface area contributed by atoms with Crippen molar-refractivity contribution in [2.45, 2.75) is 20.8 Å². The van der Waals surface area contributed by atoms with Gasteiger partial charge in [0.2, 0.25) is 0 Å². The highest BCUT2D eigenvalue weighted by atomic mass is 15.0. The first-order valence-electron chi connectivity index (χ1n) is 10.9. The standard InChI is InChI=1S/C15H14N4.C13H13N/c1-10-7-12(4-5-17-10)14-8-11-3-6-18-15(16-2)13(11)9-19-14;1-10-5-3-4-6-13(10)12-7-8-14-11(2)9-12/h3-9H,1-2H3,(H,16,18);3-9H,1-2H3. The summed E-state index contributed by atoms with van der Waals surface area (Å²) in [5, 5.41) is 5.23. The highest BCUT2D eigenvalue weighted by Crippen LogP contribution is 2.25. The van der Waals surface area contributed by atoms with Crippen LogP contribution < -0.4 is 5.32 Å². The Hall–Kier alpha value is -4.12. The lowest BCUT2D eigenvalue weighted by Gasteiger charge is -2.07. The zero-order valence-corrected chi connectivity index (χ0v) is 19.4. The summed E-state index contributed by atoms with van der Waals surface area (Å²) in [6.07, 6.45) is 7.33. The smallest absolute Gasteiger partial charge is 0.135 e. The molecule has 4 aromatic heterocycles. The molecule has 0 unspecified atom stereocenters. The molecule has 0 atom stereocenters. The van der Waals surface area contributed by atoms with E-state index in [1.54, 1.807) is 6.20 Å². The molecule has 0 spiro atoms. The maximum atomic E-state index is 4.52. The van der Waals surface area contributed by atoms with Crippen LogP contribution in [0, 0.1) is 20.8 Å². The van der Waals surface area contributed by atoms with Crippen LogP contribution in [0.4, 0.5) is 5.82 Å². The van der Waals surface area contributed by atoms with Crippen LogP contribution in [0.3, 0.4) is 0 Å². The van der Waals surface area contributed by atoms with Gasteiger partial charge in [0.05, 0.1) is 5.69 Å². The Morgan fingerprint density at radius 1 is 0.667 bits per heavy atom. The number of fused-ring (bicyclic) bond motifs is 1. The quantitative estimate of drug-likeness (QED) is 0.356. The second kappa shape index (κ2) is 10.0. The van der Waals surface area contributed by atoms with E-state index < -0.39 is 0 Å². The summed E-state index contributed by atoms with van der Waals surface area (Å²) in [7, 11) is 1.86. The number of nitrogens with zero attached hydrogens (tertiary/aromatic N) is 4. The molecule has 1 N–H and O–H groups in total. The fourth-order valence-electron chi connectivity index (χ4n) is 3.74. The summed E-state index contributed by atoms with van der Waals surface area (Å²) < 4.78 is 0. The maximum absolute atomic E-state index is 4.52. The molecule has 0 saturated carbocycles. The van der Waals surface area contributed by atoms with Crippen LogP contribution in [0.5, 0.6) is 0 Å². The number of pyridine rings is 4. The molecular weight excluding hydrogens is 406 g/mol. The SMILES string of the molecule is CNc1nccc2cc(-c3ccnc(C)c3)ncc12.Cc1cc(-c2ccccc2C)ccn1. The highest BCUT2D eigenvalue weighted by Gasteiger charge is 2.05. The van der Waals surface area contributed by atoms with E-state index in [0.717, 1.165) is 39.2 Å². The Morgan fingerprint density at radius 2 is 1.33 bits per heavy atom. The molecule has 4 heterocycles. The predicted molar refractivity (Wildman–Crippen MR) is 136 cm³/mol. The van der Waals surface area contributed by atoms with Crippen molar-refractivity contribution in [3.63, 3.8) is 0 Å². The van der Waals surface area contributed by atoms with Gasteiger partial charge in [-0.2, -0.15) is 0 Å². The van der Waals surface area contributed by atoms with Crippen molar-refractivity contribution >= 4 is 16.6 Å². The molecule has 0 fully saturated rings. The summed E-state index contributed by atoms with van der Waals surface area (Å²) in [6, 6.07) is 20.6. The number of anilines is 1. The Bertz CT molecular complexity index is 1390. The minimum atomic E-state index is 0.849. The first kappa shape index (κ1) is 22.1. The van der Waals surface area contributed by atoms with Gasteiger partial charge < -0.3 is 5.32 Å². The lowest BCUT2D eigenvalue weighted by molar-refractivity contribution is 1.19. The van der Waals surface area contributed by atoms with Gasteiger partial charge in [-0.3, -0.25) is 15.0 Å². The first-order chi connectivity index (χ1) is 16.0. The van der Waals surface area contributed by atoms with Gasteiger partial charge in [-0.1, -0.05) is 24.3 Å². The third kappa shape index (κ3) is 5.21. The second-order valence-electron chi connectivity index (χ2n) is 7.89. The van der Waals surface area contributed by atoms with Crippen molar-refractivity contribution < 1.29 is 0 Å². The van der Waals surface area contributed by atoms with Crippen molar-refractivity contribution in [2.75, 3.05) is 12.4 Å². The first-order valence-corrected chi connectivity index (χ1v) is 10.9. The molecular formula is C28H27N5.